The molecule has 0 heterocycles. The van der Waals surface area contributed by atoms with Gasteiger partial charge in [0.05, 0.1) is 0 Å². The molecule has 1 N–H and O–H groups in total. The second kappa shape index (κ2) is 5.01. The molecule has 0 spiro atoms. The summed E-state index contributed by atoms with van der Waals surface area (Å²) >= 11 is 0. The number of benzene rings is 1. The molecule has 0 aromatic heterocycles. The van der Waals surface area contributed by atoms with Gasteiger partial charge < -0.3 is 5.32 Å². The standard InChI is InChI=1S/C15H25N/c1-11-7-8-14(12(2)9-11)13(3)16-10-15(4,5)6/h7-9,13,16H,10H2,1-6H3. The summed E-state index contributed by atoms with van der Waals surface area (Å²) in [7, 11) is 0. The van der Waals surface area contributed by atoms with Crippen molar-refractivity contribution in [2.24, 2.45) is 5.41 Å². The van der Waals surface area contributed by atoms with Crippen molar-refractivity contribution in [2.45, 2.75) is 47.6 Å². The average Bonchev–Trinajstić information content (AvgIpc) is 2.13. The Bertz CT molecular complexity index is 347. The molecule has 0 fully saturated rings. The lowest BCUT2D eigenvalue weighted by atomic mass is 9.95. The molecule has 0 bridgehead atoms. The summed E-state index contributed by atoms with van der Waals surface area (Å²) in [5.74, 6) is 0. The Morgan fingerprint density at radius 2 is 1.81 bits per heavy atom. The van der Waals surface area contributed by atoms with Crippen LogP contribution in [-0.4, -0.2) is 6.54 Å². The lowest BCUT2D eigenvalue weighted by Gasteiger charge is -2.24. The van der Waals surface area contributed by atoms with Crippen LogP contribution in [0.25, 0.3) is 0 Å². The van der Waals surface area contributed by atoms with Crippen molar-refractivity contribution in [3.8, 4) is 0 Å². The van der Waals surface area contributed by atoms with Gasteiger partial charge in [-0.1, -0.05) is 44.5 Å². The Kier molecular flexibility index (Phi) is 4.15. The van der Waals surface area contributed by atoms with E-state index in [0.717, 1.165) is 6.54 Å². The molecular formula is C15H25N. The molecule has 0 saturated heterocycles. The van der Waals surface area contributed by atoms with E-state index < -0.39 is 0 Å². The van der Waals surface area contributed by atoms with E-state index in [-0.39, 0.29) is 0 Å². The Labute approximate surface area is 100 Å². The summed E-state index contributed by atoms with van der Waals surface area (Å²) in [5.41, 5.74) is 4.47. The molecule has 1 atom stereocenters. The maximum Gasteiger partial charge on any atom is 0.0294 e. The van der Waals surface area contributed by atoms with Gasteiger partial charge in [-0.15, -0.1) is 0 Å². The van der Waals surface area contributed by atoms with Gasteiger partial charge in [0, 0.05) is 12.6 Å². The average molecular weight is 219 g/mol. The van der Waals surface area contributed by atoms with Crippen molar-refractivity contribution in [3.05, 3.63) is 34.9 Å². The van der Waals surface area contributed by atoms with Crippen LogP contribution in [0.5, 0.6) is 0 Å². The van der Waals surface area contributed by atoms with E-state index in [4.69, 9.17) is 0 Å². The molecule has 1 nitrogen and oxygen atoms in total. The molecule has 0 aliphatic rings. The van der Waals surface area contributed by atoms with Crippen LogP contribution in [0.4, 0.5) is 0 Å². The molecule has 90 valence electrons. The summed E-state index contributed by atoms with van der Waals surface area (Å²) < 4.78 is 0. The van der Waals surface area contributed by atoms with Gasteiger partial charge >= 0.3 is 0 Å². The molecule has 1 heteroatoms. The van der Waals surface area contributed by atoms with Crippen molar-refractivity contribution in [2.75, 3.05) is 6.54 Å². The smallest absolute Gasteiger partial charge is 0.0294 e. The van der Waals surface area contributed by atoms with Gasteiger partial charge in [0.1, 0.15) is 0 Å². The van der Waals surface area contributed by atoms with Crippen LogP contribution < -0.4 is 5.32 Å². The third-order valence-electron chi connectivity index (χ3n) is 2.83. The largest absolute Gasteiger partial charge is 0.310 e. The second-order valence-electron chi connectivity index (χ2n) is 6.02. The number of aryl methyl sites for hydroxylation is 2. The van der Waals surface area contributed by atoms with Crippen LogP contribution in [0.1, 0.15) is 50.4 Å². The van der Waals surface area contributed by atoms with Crippen molar-refractivity contribution in [3.63, 3.8) is 0 Å². The van der Waals surface area contributed by atoms with E-state index in [9.17, 15) is 0 Å². The van der Waals surface area contributed by atoms with Gasteiger partial charge in [0.2, 0.25) is 0 Å². The maximum atomic E-state index is 3.60. The van der Waals surface area contributed by atoms with Gasteiger partial charge in [0.15, 0.2) is 0 Å². The fourth-order valence-corrected chi connectivity index (χ4v) is 1.88. The van der Waals surface area contributed by atoms with Gasteiger partial charge in [-0.3, -0.25) is 0 Å². The predicted molar refractivity (Wildman–Crippen MR) is 71.8 cm³/mol. The maximum absolute atomic E-state index is 3.60. The third kappa shape index (κ3) is 3.97. The molecule has 0 radical (unpaired) electrons. The topological polar surface area (TPSA) is 12.0 Å². The quantitative estimate of drug-likeness (QED) is 0.810. The highest BCUT2D eigenvalue weighted by Crippen LogP contribution is 2.20. The second-order valence-corrected chi connectivity index (χ2v) is 6.02. The number of hydrogen-bond acceptors (Lipinski definition) is 1. The molecule has 0 amide bonds. The summed E-state index contributed by atoms with van der Waals surface area (Å²) in [6.07, 6.45) is 0. The first-order valence-electron chi connectivity index (χ1n) is 6.10. The monoisotopic (exact) mass is 219 g/mol. The van der Waals surface area contributed by atoms with Crippen LogP contribution >= 0.6 is 0 Å². The minimum absolute atomic E-state index is 0.340. The van der Waals surface area contributed by atoms with Gasteiger partial charge in [-0.25, -0.2) is 0 Å². The predicted octanol–water partition coefficient (Wildman–Crippen LogP) is 4.00. The van der Waals surface area contributed by atoms with Crippen LogP contribution in [-0.2, 0) is 0 Å². The van der Waals surface area contributed by atoms with E-state index in [0.29, 0.717) is 11.5 Å². The van der Waals surface area contributed by atoms with E-state index in [1.165, 1.54) is 16.7 Å². The first kappa shape index (κ1) is 13.2. The zero-order valence-corrected chi connectivity index (χ0v) is 11.5. The fraction of sp³-hybridized carbons (Fsp3) is 0.600. The summed E-state index contributed by atoms with van der Waals surface area (Å²) in [4.78, 5) is 0. The zero-order valence-electron chi connectivity index (χ0n) is 11.5. The van der Waals surface area contributed by atoms with Gasteiger partial charge in [-0.2, -0.15) is 0 Å². The molecule has 1 aromatic rings. The lowest BCUT2D eigenvalue weighted by Crippen LogP contribution is -2.29. The van der Waals surface area contributed by atoms with Gasteiger partial charge in [-0.05, 0) is 37.3 Å². The van der Waals surface area contributed by atoms with Crippen LogP contribution in [0, 0.1) is 19.3 Å². The van der Waals surface area contributed by atoms with E-state index in [1.54, 1.807) is 0 Å². The van der Waals surface area contributed by atoms with Gasteiger partial charge in [0.25, 0.3) is 0 Å². The normalized spacial score (nSPS) is 13.9. The minimum Gasteiger partial charge on any atom is -0.310 e. The number of hydrogen-bond donors (Lipinski definition) is 1. The molecule has 0 aliphatic carbocycles. The number of nitrogens with one attached hydrogen (secondary N) is 1. The van der Waals surface area contributed by atoms with E-state index in [1.807, 2.05) is 0 Å². The molecule has 1 unspecified atom stereocenters. The minimum atomic E-state index is 0.340. The number of rotatable bonds is 3. The molecule has 16 heavy (non-hydrogen) atoms. The third-order valence-corrected chi connectivity index (χ3v) is 2.83. The zero-order chi connectivity index (χ0) is 12.3. The summed E-state index contributed by atoms with van der Waals surface area (Å²) in [6, 6.07) is 7.12. The van der Waals surface area contributed by atoms with Crippen LogP contribution in [0.3, 0.4) is 0 Å². The Morgan fingerprint density at radius 1 is 1.19 bits per heavy atom. The first-order chi connectivity index (χ1) is 7.29. The molecule has 1 rings (SSSR count). The van der Waals surface area contributed by atoms with E-state index in [2.05, 4.69) is 65.1 Å². The van der Waals surface area contributed by atoms with Crippen molar-refractivity contribution in [1.29, 1.82) is 0 Å². The van der Waals surface area contributed by atoms with E-state index >= 15 is 0 Å². The van der Waals surface area contributed by atoms with Crippen LogP contribution in [0.2, 0.25) is 0 Å². The lowest BCUT2D eigenvalue weighted by molar-refractivity contribution is 0.359. The highest BCUT2D eigenvalue weighted by molar-refractivity contribution is 5.32. The summed E-state index contributed by atoms with van der Waals surface area (Å²) in [5, 5.41) is 3.60. The van der Waals surface area contributed by atoms with Crippen LogP contribution in [0.15, 0.2) is 18.2 Å². The molecule has 0 saturated carbocycles. The Morgan fingerprint density at radius 3 is 2.31 bits per heavy atom. The van der Waals surface area contributed by atoms with Crippen molar-refractivity contribution < 1.29 is 0 Å². The fourth-order valence-electron chi connectivity index (χ4n) is 1.88. The highest BCUT2D eigenvalue weighted by Gasteiger charge is 2.13. The summed E-state index contributed by atoms with van der Waals surface area (Å²) in [6.45, 7) is 14.4. The molecule has 0 aliphatic heterocycles. The first-order valence-corrected chi connectivity index (χ1v) is 6.10. The Hall–Kier alpha value is -0.820. The van der Waals surface area contributed by atoms with Crippen molar-refractivity contribution >= 4 is 0 Å². The highest BCUT2D eigenvalue weighted by atomic mass is 14.9. The molecule has 1 aromatic carbocycles. The SMILES string of the molecule is Cc1ccc(C(C)NCC(C)(C)C)c(C)c1. The Balaban J connectivity index is 2.70. The van der Waals surface area contributed by atoms with Crippen molar-refractivity contribution in [1.82, 2.24) is 5.32 Å². The molecular weight excluding hydrogens is 194 g/mol.